The van der Waals surface area contributed by atoms with Crippen LogP contribution in [0.2, 0.25) is 0 Å². The Labute approximate surface area is 330 Å². The van der Waals surface area contributed by atoms with Gasteiger partial charge >= 0.3 is 0 Å². The average molecular weight is 733 g/mol. The van der Waals surface area contributed by atoms with Crippen molar-refractivity contribution in [3.63, 3.8) is 0 Å². The van der Waals surface area contributed by atoms with E-state index in [1.807, 2.05) is 24.3 Å². The third kappa shape index (κ3) is 3.57. The minimum absolute atomic E-state index is 0.0874. The maximum Gasteiger partial charge on any atom is 0.252 e. The highest BCUT2D eigenvalue weighted by Crippen LogP contribution is 2.44. The van der Waals surface area contributed by atoms with Crippen LogP contribution >= 0.6 is 0 Å². The molecule has 0 N–H and O–H groups in total. The van der Waals surface area contributed by atoms with Crippen LogP contribution in [0.15, 0.2) is 156 Å². The van der Waals surface area contributed by atoms with Crippen molar-refractivity contribution in [3.05, 3.63) is 163 Å². The molecule has 0 bridgehead atoms. The van der Waals surface area contributed by atoms with Gasteiger partial charge in [-0.3, -0.25) is 0 Å². The molecule has 58 heavy (non-hydrogen) atoms. The Morgan fingerprint density at radius 2 is 0.983 bits per heavy atom. The fourth-order valence-electron chi connectivity index (χ4n) is 10.8. The molecule has 0 atom stereocenters. The highest BCUT2D eigenvalue weighted by molar-refractivity contribution is 7.00. The fraction of sp³-hybridized carbons (Fsp3) is 0. The molecule has 0 unspecified atom stereocenters. The molecule has 12 aromatic rings. The van der Waals surface area contributed by atoms with Crippen molar-refractivity contribution in [2.24, 2.45) is 0 Å². The van der Waals surface area contributed by atoms with Gasteiger partial charge in [-0.15, -0.1) is 0 Å². The van der Waals surface area contributed by atoms with Gasteiger partial charge in [0.15, 0.2) is 0 Å². The summed E-state index contributed by atoms with van der Waals surface area (Å²) in [5, 5.41) is 31.7. The summed E-state index contributed by atoms with van der Waals surface area (Å²) in [6.45, 7) is -0.0874. The first-order chi connectivity index (χ1) is 28.7. The Morgan fingerprint density at radius 3 is 1.57 bits per heavy atom. The van der Waals surface area contributed by atoms with Crippen LogP contribution in [0, 0.1) is 22.7 Å². The van der Waals surface area contributed by atoms with Gasteiger partial charge in [0, 0.05) is 43.7 Å². The van der Waals surface area contributed by atoms with E-state index in [1.165, 1.54) is 59.7 Å². The summed E-state index contributed by atoms with van der Waals surface area (Å²) in [6, 6.07) is 58.8. The number of hydrogen-bond acceptors (Lipinski definition) is 3. The molecule has 0 spiro atoms. The van der Waals surface area contributed by atoms with Gasteiger partial charge in [0.1, 0.15) is 11.2 Å². The van der Waals surface area contributed by atoms with Crippen molar-refractivity contribution < 1.29 is 4.42 Å². The molecular weight excluding hydrogens is 707 g/mol. The second-order valence-electron chi connectivity index (χ2n) is 15.8. The second-order valence-corrected chi connectivity index (χ2v) is 15.8. The Kier molecular flexibility index (Phi) is 5.42. The van der Waals surface area contributed by atoms with E-state index in [-0.39, 0.29) is 6.71 Å². The topological polar surface area (TPSA) is 70.6 Å². The third-order valence-electron chi connectivity index (χ3n) is 13.1. The lowest BCUT2D eigenvalue weighted by Gasteiger charge is -2.34. The standard InChI is InChI=1S/C52H25BN4O/c54-26-28-13-17-42-38(19-28)48-34-9-3-1-7-31(34)21-40-51(48)56(42)44-23-33(30-15-16-37-36-11-5-6-12-46(36)58-47(37)25-30)24-45-50(44)53(40)41-22-32-8-2-4-10-35(32)49-39-20-29(27-55)14-18-43(39)57(45)52(41)49/h1-25H. The Balaban J connectivity index is 1.22. The molecule has 0 saturated heterocycles. The van der Waals surface area contributed by atoms with Crippen LogP contribution in [0.25, 0.3) is 110 Å². The number of benzene rings is 9. The van der Waals surface area contributed by atoms with Gasteiger partial charge in [0.2, 0.25) is 0 Å². The van der Waals surface area contributed by atoms with Gasteiger partial charge in [-0.1, -0.05) is 84.9 Å². The number of rotatable bonds is 1. The first-order valence-corrected chi connectivity index (χ1v) is 19.6. The van der Waals surface area contributed by atoms with Gasteiger partial charge < -0.3 is 13.6 Å². The number of fused-ring (bicyclic) bond motifs is 17. The molecule has 14 rings (SSSR count). The predicted molar refractivity (Wildman–Crippen MR) is 237 cm³/mol. The van der Waals surface area contributed by atoms with Crippen molar-refractivity contribution in [1.82, 2.24) is 9.13 Å². The lowest BCUT2D eigenvalue weighted by molar-refractivity contribution is 0.669. The van der Waals surface area contributed by atoms with Gasteiger partial charge in [-0.2, -0.15) is 10.5 Å². The summed E-state index contributed by atoms with van der Waals surface area (Å²) < 4.78 is 11.4. The van der Waals surface area contributed by atoms with Crippen LogP contribution < -0.4 is 16.4 Å². The number of hydrogen-bond donors (Lipinski definition) is 0. The second kappa shape index (κ2) is 10.4. The zero-order valence-corrected chi connectivity index (χ0v) is 30.7. The molecule has 0 saturated carbocycles. The Hall–Kier alpha value is -8.06. The highest BCUT2D eigenvalue weighted by atomic mass is 16.3. The molecule has 3 aromatic heterocycles. The minimum atomic E-state index is -0.0874. The number of para-hydroxylation sites is 1. The van der Waals surface area contributed by atoms with Gasteiger partial charge in [0.25, 0.3) is 6.71 Å². The molecular formula is C52H25BN4O. The lowest BCUT2D eigenvalue weighted by atomic mass is 9.34. The first-order valence-electron chi connectivity index (χ1n) is 19.6. The summed E-state index contributed by atoms with van der Waals surface area (Å²) in [5.74, 6) is 0. The molecule has 0 amide bonds. The summed E-state index contributed by atoms with van der Waals surface area (Å²) in [5.41, 5.74) is 15.6. The number of furan rings is 1. The van der Waals surface area contributed by atoms with Crippen molar-refractivity contribution in [2.75, 3.05) is 0 Å². The SMILES string of the molecule is N#Cc1ccc2c(c1)c1c3ccccc3cc3c1n2-c1cc(-c2ccc4c(c2)oc2ccccc24)cc2c1B3c1cc3ccccc3c3c4cc(C#N)ccc4n-2c13. The van der Waals surface area contributed by atoms with Crippen LogP contribution in [0.5, 0.6) is 0 Å². The quantitative estimate of drug-likeness (QED) is 0.158. The normalized spacial score (nSPS) is 12.8. The van der Waals surface area contributed by atoms with E-state index in [0.717, 1.165) is 66.2 Å². The average Bonchev–Trinajstić information content (AvgIpc) is 3.94. The molecule has 6 heteroatoms. The van der Waals surface area contributed by atoms with E-state index in [0.29, 0.717) is 11.1 Å². The minimum Gasteiger partial charge on any atom is -0.456 e. The number of aromatic nitrogens is 2. The van der Waals surface area contributed by atoms with Crippen molar-refractivity contribution in [2.45, 2.75) is 0 Å². The molecule has 0 radical (unpaired) electrons. The fourth-order valence-corrected chi connectivity index (χ4v) is 10.8. The van der Waals surface area contributed by atoms with Gasteiger partial charge in [-0.25, -0.2) is 0 Å². The van der Waals surface area contributed by atoms with Crippen LogP contribution in [0.1, 0.15) is 11.1 Å². The van der Waals surface area contributed by atoms with E-state index in [4.69, 9.17) is 4.42 Å². The summed E-state index contributed by atoms with van der Waals surface area (Å²) in [6.07, 6.45) is 0. The molecule has 0 aliphatic carbocycles. The first kappa shape index (κ1) is 30.2. The van der Waals surface area contributed by atoms with Crippen LogP contribution in [0.3, 0.4) is 0 Å². The van der Waals surface area contributed by atoms with E-state index in [1.54, 1.807) is 0 Å². The van der Waals surface area contributed by atoms with E-state index in [9.17, 15) is 10.5 Å². The smallest absolute Gasteiger partial charge is 0.252 e. The maximum absolute atomic E-state index is 10.2. The molecule has 9 aromatic carbocycles. The third-order valence-corrected chi connectivity index (χ3v) is 13.1. The molecule has 2 aliphatic rings. The molecule has 2 aliphatic heterocycles. The molecule has 262 valence electrons. The van der Waals surface area contributed by atoms with Crippen molar-refractivity contribution in [3.8, 4) is 34.6 Å². The Morgan fingerprint density at radius 1 is 0.448 bits per heavy atom. The monoisotopic (exact) mass is 732 g/mol. The number of nitrogens with zero attached hydrogens (tertiary/aromatic N) is 4. The van der Waals surface area contributed by atoms with Crippen LogP contribution in [0.4, 0.5) is 0 Å². The maximum atomic E-state index is 10.2. The van der Waals surface area contributed by atoms with E-state index >= 15 is 0 Å². The lowest BCUT2D eigenvalue weighted by Crippen LogP contribution is -2.59. The largest absolute Gasteiger partial charge is 0.456 e. The van der Waals surface area contributed by atoms with Gasteiger partial charge in [-0.05, 0) is 116 Å². The molecule has 5 heterocycles. The number of nitriles is 2. The predicted octanol–water partition coefficient (Wildman–Crippen LogP) is 10.6. The zero-order valence-electron chi connectivity index (χ0n) is 30.7. The van der Waals surface area contributed by atoms with E-state index < -0.39 is 0 Å². The molecule has 0 fully saturated rings. The summed E-state index contributed by atoms with van der Waals surface area (Å²) >= 11 is 0. The zero-order chi connectivity index (χ0) is 38.0. The summed E-state index contributed by atoms with van der Waals surface area (Å²) in [7, 11) is 0. The highest BCUT2D eigenvalue weighted by Gasteiger charge is 2.42. The van der Waals surface area contributed by atoms with Crippen molar-refractivity contribution >= 4 is 110 Å². The molecule has 5 nitrogen and oxygen atoms in total. The van der Waals surface area contributed by atoms with Crippen LogP contribution in [-0.2, 0) is 0 Å². The van der Waals surface area contributed by atoms with Crippen LogP contribution in [-0.4, -0.2) is 15.8 Å². The summed E-state index contributed by atoms with van der Waals surface area (Å²) in [4.78, 5) is 0. The van der Waals surface area contributed by atoms with Crippen molar-refractivity contribution in [1.29, 1.82) is 10.5 Å². The van der Waals surface area contributed by atoms with E-state index in [2.05, 4.69) is 149 Å². The van der Waals surface area contributed by atoms with Gasteiger partial charge in [0.05, 0.1) is 45.3 Å². The Bertz CT molecular complexity index is 3820.